The molecule has 0 atom stereocenters. The first kappa shape index (κ1) is 17.6. The van der Waals surface area contributed by atoms with Gasteiger partial charge in [-0.3, -0.25) is 19.4 Å². The highest BCUT2D eigenvalue weighted by molar-refractivity contribution is 5.96. The summed E-state index contributed by atoms with van der Waals surface area (Å²) in [5, 5.41) is 2.67. The Hall–Kier alpha value is -3.22. The molecule has 1 aliphatic rings. The second-order valence-electron chi connectivity index (χ2n) is 6.08. The number of benzene rings is 1. The number of nitrogens with one attached hydrogen (secondary N) is 1. The number of rotatable bonds is 3. The van der Waals surface area contributed by atoms with Crippen LogP contribution in [0.25, 0.3) is 0 Å². The van der Waals surface area contributed by atoms with Crippen molar-refractivity contribution in [3.63, 3.8) is 0 Å². The summed E-state index contributed by atoms with van der Waals surface area (Å²) in [6, 6.07) is 10.2. The number of piperazine rings is 1. The van der Waals surface area contributed by atoms with Crippen LogP contribution in [0.15, 0.2) is 48.8 Å². The predicted octanol–water partition coefficient (Wildman–Crippen LogP) is 1.64. The van der Waals surface area contributed by atoms with E-state index in [9.17, 15) is 14.4 Å². The third-order valence-electron chi connectivity index (χ3n) is 4.23. The number of nitrogens with zero attached hydrogens (tertiary/aromatic N) is 3. The van der Waals surface area contributed by atoms with Crippen molar-refractivity contribution in [2.45, 2.75) is 6.92 Å². The molecule has 1 aromatic heterocycles. The van der Waals surface area contributed by atoms with Crippen LogP contribution < -0.4 is 5.32 Å². The molecule has 2 heterocycles. The summed E-state index contributed by atoms with van der Waals surface area (Å²) < 4.78 is 0. The van der Waals surface area contributed by atoms with Crippen molar-refractivity contribution in [2.75, 3.05) is 31.5 Å². The number of hydrogen-bond donors (Lipinski definition) is 1. The van der Waals surface area contributed by atoms with Gasteiger partial charge in [-0.2, -0.15) is 0 Å². The summed E-state index contributed by atoms with van der Waals surface area (Å²) in [5.74, 6) is -0.270. The Morgan fingerprint density at radius 2 is 1.27 bits per heavy atom. The molecule has 1 saturated heterocycles. The second kappa shape index (κ2) is 7.77. The molecule has 0 bridgehead atoms. The average molecular weight is 352 g/mol. The minimum atomic E-state index is -0.154. The van der Waals surface area contributed by atoms with Crippen LogP contribution in [0, 0.1) is 0 Å². The smallest absolute Gasteiger partial charge is 0.254 e. The number of hydrogen-bond acceptors (Lipinski definition) is 4. The van der Waals surface area contributed by atoms with Gasteiger partial charge < -0.3 is 15.1 Å². The van der Waals surface area contributed by atoms with Gasteiger partial charge in [0, 0.05) is 62.3 Å². The van der Waals surface area contributed by atoms with Crippen molar-refractivity contribution < 1.29 is 14.4 Å². The van der Waals surface area contributed by atoms with Crippen molar-refractivity contribution in [2.24, 2.45) is 0 Å². The molecule has 26 heavy (non-hydrogen) atoms. The van der Waals surface area contributed by atoms with Gasteiger partial charge in [0.1, 0.15) is 0 Å². The molecule has 7 heteroatoms. The van der Waals surface area contributed by atoms with E-state index in [1.165, 1.54) is 6.92 Å². The van der Waals surface area contributed by atoms with E-state index < -0.39 is 0 Å². The Morgan fingerprint density at radius 1 is 0.808 bits per heavy atom. The van der Waals surface area contributed by atoms with Crippen LogP contribution in [0.1, 0.15) is 27.6 Å². The Kier molecular flexibility index (Phi) is 5.26. The van der Waals surface area contributed by atoms with Crippen LogP contribution in [-0.4, -0.2) is 58.7 Å². The Bertz CT molecular complexity index is 797. The fraction of sp³-hybridized carbons (Fsp3) is 0.263. The fourth-order valence-corrected chi connectivity index (χ4v) is 2.87. The molecule has 0 unspecified atom stereocenters. The molecule has 1 fully saturated rings. The SMILES string of the molecule is CC(=O)Nc1ccc(C(=O)N2CCN(C(=O)c3ccncc3)CC2)cc1. The van der Waals surface area contributed by atoms with E-state index in [1.807, 2.05) is 0 Å². The van der Waals surface area contributed by atoms with E-state index in [-0.39, 0.29) is 17.7 Å². The Morgan fingerprint density at radius 3 is 1.73 bits per heavy atom. The summed E-state index contributed by atoms with van der Waals surface area (Å²) >= 11 is 0. The Balaban J connectivity index is 1.58. The maximum absolute atomic E-state index is 12.6. The lowest BCUT2D eigenvalue weighted by molar-refractivity contribution is -0.114. The van der Waals surface area contributed by atoms with E-state index >= 15 is 0 Å². The fourth-order valence-electron chi connectivity index (χ4n) is 2.87. The summed E-state index contributed by atoms with van der Waals surface area (Å²) in [7, 11) is 0. The molecule has 1 aromatic carbocycles. The summed E-state index contributed by atoms with van der Waals surface area (Å²) in [6.07, 6.45) is 3.19. The number of pyridine rings is 1. The molecule has 1 N–H and O–H groups in total. The van der Waals surface area contributed by atoms with Gasteiger partial charge in [-0.1, -0.05) is 0 Å². The minimum Gasteiger partial charge on any atom is -0.335 e. The van der Waals surface area contributed by atoms with Gasteiger partial charge in [0.05, 0.1) is 0 Å². The van der Waals surface area contributed by atoms with Crippen molar-refractivity contribution in [3.05, 3.63) is 59.9 Å². The lowest BCUT2D eigenvalue weighted by Gasteiger charge is -2.34. The highest BCUT2D eigenvalue weighted by Gasteiger charge is 2.25. The Labute approximate surface area is 151 Å². The van der Waals surface area contributed by atoms with E-state index in [2.05, 4.69) is 10.3 Å². The van der Waals surface area contributed by atoms with Crippen molar-refractivity contribution in [1.82, 2.24) is 14.8 Å². The monoisotopic (exact) mass is 352 g/mol. The number of carbonyl (C=O) groups excluding carboxylic acids is 3. The summed E-state index contributed by atoms with van der Waals surface area (Å²) in [5.41, 5.74) is 1.82. The van der Waals surface area contributed by atoms with Gasteiger partial charge in [0.25, 0.3) is 11.8 Å². The average Bonchev–Trinajstić information content (AvgIpc) is 2.68. The maximum atomic E-state index is 12.6. The quantitative estimate of drug-likeness (QED) is 0.910. The van der Waals surface area contributed by atoms with Crippen LogP contribution in [0.4, 0.5) is 5.69 Å². The minimum absolute atomic E-state index is 0.0424. The van der Waals surface area contributed by atoms with Crippen LogP contribution in [-0.2, 0) is 4.79 Å². The molecular formula is C19H20N4O3. The molecule has 0 aliphatic carbocycles. The first-order valence-electron chi connectivity index (χ1n) is 8.41. The number of carbonyl (C=O) groups is 3. The van der Waals surface area contributed by atoms with Crippen molar-refractivity contribution in [1.29, 1.82) is 0 Å². The van der Waals surface area contributed by atoms with Gasteiger partial charge in [-0.05, 0) is 36.4 Å². The molecular weight excluding hydrogens is 332 g/mol. The normalized spacial score (nSPS) is 14.0. The molecule has 0 radical (unpaired) electrons. The van der Waals surface area contributed by atoms with Crippen LogP contribution in [0.5, 0.6) is 0 Å². The molecule has 0 spiro atoms. The predicted molar refractivity (Wildman–Crippen MR) is 96.8 cm³/mol. The largest absolute Gasteiger partial charge is 0.335 e. The van der Waals surface area contributed by atoms with Crippen molar-refractivity contribution in [3.8, 4) is 0 Å². The standard InChI is InChI=1S/C19H20N4O3/c1-14(24)21-17-4-2-15(3-5-17)18(25)22-10-12-23(13-11-22)19(26)16-6-8-20-9-7-16/h2-9H,10-13H2,1H3,(H,21,24). The van der Waals surface area contributed by atoms with E-state index in [0.717, 1.165) is 0 Å². The highest BCUT2D eigenvalue weighted by Crippen LogP contribution is 2.14. The number of anilines is 1. The third kappa shape index (κ3) is 4.05. The lowest BCUT2D eigenvalue weighted by Crippen LogP contribution is -2.50. The van der Waals surface area contributed by atoms with E-state index in [1.54, 1.807) is 58.6 Å². The van der Waals surface area contributed by atoms with Gasteiger partial charge >= 0.3 is 0 Å². The first-order valence-corrected chi connectivity index (χ1v) is 8.41. The molecule has 7 nitrogen and oxygen atoms in total. The van der Waals surface area contributed by atoms with Gasteiger partial charge in [-0.15, -0.1) is 0 Å². The van der Waals surface area contributed by atoms with Crippen LogP contribution in [0.3, 0.4) is 0 Å². The third-order valence-corrected chi connectivity index (χ3v) is 4.23. The molecule has 0 saturated carbocycles. The highest BCUT2D eigenvalue weighted by atomic mass is 16.2. The summed E-state index contributed by atoms with van der Waals surface area (Å²) in [4.78, 5) is 43.5. The van der Waals surface area contributed by atoms with Gasteiger partial charge in [-0.25, -0.2) is 0 Å². The lowest BCUT2D eigenvalue weighted by atomic mass is 10.1. The second-order valence-corrected chi connectivity index (χ2v) is 6.08. The number of aromatic nitrogens is 1. The topological polar surface area (TPSA) is 82.6 Å². The van der Waals surface area contributed by atoms with E-state index in [4.69, 9.17) is 0 Å². The molecule has 2 aromatic rings. The zero-order chi connectivity index (χ0) is 18.5. The summed E-state index contributed by atoms with van der Waals surface area (Å²) in [6.45, 7) is 3.41. The molecule has 134 valence electrons. The number of amides is 3. The molecule has 3 rings (SSSR count). The van der Waals surface area contributed by atoms with Crippen LogP contribution in [0.2, 0.25) is 0 Å². The zero-order valence-corrected chi connectivity index (χ0v) is 14.5. The van der Waals surface area contributed by atoms with Crippen LogP contribution >= 0.6 is 0 Å². The van der Waals surface area contributed by atoms with Gasteiger partial charge in [0.15, 0.2) is 0 Å². The zero-order valence-electron chi connectivity index (χ0n) is 14.5. The van der Waals surface area contributed by atoms with E-state index in [0.29, 0.717) is 43.0 Å². The molecule has 1 aliphatic heterocycles. The maximum Gasteiger partial charge on any atom is 0.254 e. The molecule has 3 amide bonds. The first-order chi connectivity index (χ1) is 12.5. The van der Waals surface area contributed by atoms with Crippen molar-refractivity contribution >= 4 is 23.4 Å². The van der Waals surface area contributed by atoms with Gasteiger partial charge in [0.2, 0.25) is 5.91 Å².